The highest BCUT2D eigenvalue weighted by Gasteiger charge is 2.10. The van der Waals surface area contributed by atoms with E-state index >= 15 is 0 Å². The fourth-order valence-corrected chi connectivity index (χ4v) is 2.18. The van der Waals surface area contributed by atoms with Crippen molar-refractivity contribution in [1.29, 1.82) is 0 Å². The average molecular weight is 260 g/mol. The lowest BCUT2D eigenvalue weighted by Gasteiger charge is -2.23. The molecule has 0 saturated heterocycles. The molecule has 0 radical (unpaired) electrons. The summed E-state index contributed by atoms with van der Waals surface area (Å²) in [6.07, 6.45) is 0.829. The number of carbonyl (C=O) groups excluding carboxylic acids is 1. The van der Waals surface area contributed by atoms with Crippen molar-refractivity contribution in [3.05, 3.63) is 58.6 Å². The van der Waals surface area contributed by atoms with Crippen LogP contribution in [0.5, 0.6) is 0 Å². The third kappa shape index (κ3) is 2.39. The van der Waals surface area contributed by atoms with Gasteiger partial charge in [-0.15, -0.1) is 0 Å². The largest absolute Gasteiger partial charge is 0.344 e. The summed E-state index contributed by atoms with van der Waals surface area (Å²) in [5.41, 5.74) is 3.67. The number of hydrogen-bond acceptors (Lipinski definition) is 2. The Balaban J connectivity index is 2.49. The van der Waals surface area contributed by atoms with Crippen LogP contribution in [-0.2, 0) is 0 Å². The second kappa shape index (κ2) is 5.23. The molecular formula is C15H14ClNO. The molecule has 0 aliphatic heterocycles. The van der Waals surface area contributed by atoms with Crippen LogP contribution in [0.3, 0.4) is 0 Å². The fraction of sp³-hybridized carbons (Fsp3) is 0.133. The summed E-state index contributed by atoms with van der Waals surface area (Å²) >= 11 is 5.90. The summed E-state index contributed by atoms with van der Waals surface area (Å²) < 4.78 is 0. The second-order valence-corrected chi connectivity index (χ2v) is 4.60. The van der Waals surface area contributed by atoms with E-state index in [1.54, 1.807) is 12.1 Å². The Morgan fingerprint density at radius 3 is 2.50 bits per heavy atom. The molecule has 0 bridgehead atoms. The molecule has 18 heavy (non-hydrogen) atoms. The molecule has 3 heteroatoms. The van der Waals surface area contributed by atoms with Crippen LogP contribution in [0.25, 0.3) is 0 Å². The van der Waals surface area contributed by atoms with E-state index in [0.717, 1.165) is 23.2 Å². The number of nitrogens with zero attached hydrogens (tertiary/aromatic N) is 1. The predicted octanol–water partition coefficient (Wildman–Crippen LogP) is 4.23. The topological polar surface area (TPSA) is 20.3 Å². The molecule has 2 aromatic carbocycles. The summed E-state index contributed by atoms with van der Waals surface area (Å²) in [6.45, 7) is 2.04. The average Bonchev–Trinajstić information content (AvgIpc) is 2.38. The van der Waals surface area contributed by atoms with Crippen LogP contribution in [0.15, 0.2) is 42.5 Å². The highest BCUT2D eigenvalue weighted by atomic mass is 35.5. The van der Waals surface area contributed by atoms with Crippen LogP contribution in [0, 0.1) is 6.92 Å². The number of para-hydroxylation sites is 1. The summed E-state index contributed by atoms with van der Waals surface area (Å²) in [7, 11) is 1.94. The third-order valence-corrected chi connectivity index (χ3v) is 3.19. The van der Waals surface area contributed by atoms with Crippen LogP contribution in [0.2, 0.25) is 5.02 Å². The Bertz CT molecular complexity index is 580. The predicted molar refractivity (Wildman–Crippen MR) is 76.1 cm³/mol. The normalized spacial score (nSPS) is 10.2. The molecule has 0 fully saturated rings. The number of rotatable bonds is 3. The number of carbonyl (C=O) groups is 1. The third-order valence-electron chi connectivity index (χ3n) is 2.95. The molecule has 0 aromatic heterocycles. The molecule has 2 rings (SSSR count). The lowest BCUT2D eigenvalue weighted by molar-refractivity contribution is 0.112. The van der Waals surface area contributed by atoms with Gasteiger partial charge in [-0.25, -0.2) is 0 Å². The van der Waals surface area contributed by atoms with E-state index in [9.17, 15) is 4.79 Å². The Labute approximate surface area is 112 Å². The minimum atomic E-state index is 0.569. The van der Waals surface area contributed by atoms with Crippen LogP contribution in [0.1, 0.15) is 15.9 Å². The van der Waals surface area contributed by atoms with Gasteiger partial charge in [0.25, 0.3) is 0 Å². The van der Waals surface area contributed by atoms with Crippen LogP contribution < -0.4 is 4.90 Å². The molecule has 0 aliphatic rings. The van der Waals surface area contributed by atoms with Crippen molar-refractivity contribution in [3.8, 4) is 0 Å². The highest BCUT2D eigenvalue weighted by molar-refractivity contribution is 6.31. The number of anilines is 2. The maximum atomic E-state index is 11.1. The molecule has 0 heterocycles. The molecule has 0 amide bonds. The maximum Gasteiger partial charge on any atom is 0.152 e. The van der Waals surface area contributed by atoms with Gasteiger partial charge in [0, 0.05) is 23.3 Å². The molecule has 2 nitrogen and oxygen atoms in total. The first kappa shape index (κ1) is 12.7. The van der Waals surface area contributed by atoms with Crippen molar-refractivity contribution >= 4 is 29.3 Å². The van der Waals surface area contributed by atoms with E-state index in [1.165, 1.54) is 0 Å². The van der Waals surface area contributed by atoms with Crippen LogP contribution >= 0.6 is 11.6 Å². The zero-order valence-corrected chi connectivity index (χ0v) is 11.1. The SMILES string of the molecule is Cc1ccccc1N(C)c1ccc(Cl)cc1C=O. The molecule has 0 atom stereocenters. The van der Waals surface area contributed by atoms with E-state index in [-0.39, 0.29) is 0 Å². The Morgan fingerprint density at radius 1 is 1.11 bits per heavy atom. The maximum absolute atomic E-state index is 11.1. The van der Waals surface area contributed by atoms with Gasteiger partial charge in [0.05, 0.1) is 5.69 Å². The van der Waals surface area contributed by atoms with Gasteiger partial charge in [-0.05, 0) is 36.8 Å². The van der Waals surface area contributed by atoms with Gasteiger partial charge in [-0.1, -0.05) is 29.8 Å². The fourth-order valence-electron chi connectivity index (χ4n) is 1.99. The quantitative estimate of drug-likeness (QED) is 0.769. The van der Waals surface area contributed by atoms with Crippen molar-refractivity contribution in [2.75, 3.05) is 11.9 Å². The molecule has 0 saturated carbocycles. The molecule has 0 aliphatic carbocycles. The van der Waals surface area contributed by atoms with E-state index in [0.29, 0.717) is 10.6 Å². The number of aldehydes is 1. The van der Waals surface area contributed by atoms with E-state index in [4.69, 9.17) is 11.6 Å². The standard InChI is InChI=1S/C15H14ClNO/c1-11-5-3-4-6-14(11)17(2)15-8-7-13(16)9-12(15)10-18/h3-10H,1-2H3. The number of benzene rings is 2. The van der Waals surface area contributed by atoms with E-state index in [2.05, 4.69) is 0 Å². The Morgan fingerprint density at radius 2 is 1.83 bits per heavy atom. The van der Waals surface area contributed by atoms with Gasteiger partial charge in [0.15, 0.2) is 6.29 Å². The van der Waals surface area contributed by atoms with Gasteiger partial charge in [0.2, 0.25) is 0 Å². The van der Waals surface area contributed by atoms with Crippen molar-refractivity contribution in [2.24, 2.45) is 0 Å². The summed E-state index contributed by atoms with van der Waals surface area (Å²) in [5, 5.41) is 0.569. The lowest BCUT2D eigenvalue weighted by Crippen LogP contribution is -2.12. The first-order valence-corrected chi connectivity index (χ1v) is 6.05. The smallest absolute Gasteiger partial charge is 0.152 e. The van der Waals surface area contributed by atoms with Crippen molar-refractivity contribution in [1.82, 2.24) is 0 Å². The number of halogens is 1. The van der Waals surface area contributed by atoms with Crippen molar-refractivity contribution < 1.29 is 4.79 Å². The van der Waals surface area contributed by atoms with Crippen molar-refractivity contribution in [3.63, 3.8) is 0 Å². The first-order valence-electron chi connectivity index (χ1n) is 5.67. The van der Waals surface area contributed by atoms with Gasteiger partial charge in [-0.2, -0.15) is 0 Å². The monoisotopic (exact) mass is 259 g/mol. The minimum absolute atomic E-state index is 0.569. The lowest BCUT2D eigenvalue weighted by atomic mass is 10.1. The molecule has 0 unspecified atom stereocenters. The molecule has 2 aromatic rings. The second-order valence-electron chi connectivity index (χ2n) is 4.17. The molecule has 0 N–H and O–H groups in total. The first-order chi connectivity index (χ1) is 8.63. The Kier molecular flexibility index (Phi) is 3.68. The summed E-state index contributed by atoms with van der Waals surface area (Å²) in [4.78, 5) is 13.1. The summed E-state index contributed by atoms with van der Waals surface area (Å²) in [5.74, 6) is 0. The molecule has 0 spiro atoms. The molecule has 92 valence electrons. The van der Waals surface area contributed by atoms with E-state index < -0.39 is 0 Å². The zero-order chi connectivity index (χ0) is 13.1. The Hall–Kier alpha value is -1.80. The van der Waals surface area contributed by atoms with E-state index in [1.807, 2.05) is 49.2 Å². The van der Waals surface area contributed by atoms with Crippen LogP contribution in [-0.4, -0.2) is 13.3 Å². The van der Waals surface area contributed by atoms with Gasteiger partial charge in [-0.3, -0.25) is 4.79 Å². The number of aryl methyl sites for hydroxylation is 1. The molecular weight excluding hydrogens is 246 g/mol. The van der Waals surface area contributed by atoms with Crippen molar-refractivity contribution in [2.45, 2.75) is 6.92 Å². The number of hydrogen-bond donors (Lipinski definition) is 0. The van der Waals surface area contributed by atoms with Gasteiger partial charge >= 0.3 is 0 Å². The van der Waals surface area contributed by atoms with Crippen LogP contribution in [0.4, 0.5) is 11.4 Å². The summed E-state index contributed by atoms with van der Waals surface area (Å²) in [6, 6.07) is 13.4. The minimum Gasteiger partial charge on any atom is -0.344 e. The highest BCUT2D eigenvalue weighted by Crippen LogP contribution is 2.30. The van der Waals surface area contributed by atoms with Gasteiger partial charge in [0.1, 0.15) is 0 Å². The zero-order valence-electron chi connectivity index (χ0n) is 10.4. The van der Waals surface area contributed by atoms with Gasteiger partial charge < -0.3 is 4.90 Å².